The Morgan fingerprint density at radius 3 is 2.26 bits per heavy atom. The Morgan fingerprint density at radius 2 is 1.68 bits per heavy atom. The monoisotopic (exact) mass is 266 g/mol. The molecule has 4 heteroatoms. The van der Waals surface area contributed by atoms with Crippen molar-refractivity contribution < 1.29 is 9.53 Å². The normalized spacial score (nSPS) is 38.6. The van der Waals surface area contributed by atoms with E-state index in [1.165, 1.54) is 32.1 Å². The van der Waals surface area contributed by atoms with E-state index in [0.29, 0.717) is 6.10 Å². The van der Waals surface area contributed by atoms with Gasteiger partial charge in [0.15, 0.2) is 0 Å². The lowest BCUT2D eigenvalue weighted by molar-refractivity contribution is -0.142. The number of ether oxygens (including phenoxy) is 1. The molecule has 0 unspecified atom stereocenters. The number of carbonyl (C=O) groups is 1. The molecule has 0 radical (unpaired) electrons. The standard InChI is InChI=1S/C15H26N2O2/c16-14-9-15(10-14,11-14)17-13(18)8-19-12-6-4-2-1-3-5-7-12/h12H,1-11,16H2,(H,17,18). The van der Waals surface area contributed by atoms with Crippen molar-refractivity contribution in [2.75, 3.05) is 6.61 Å². The van der Waals surface area contributed by atoms with Gasteiger partial charge in [-0.15, -0.1) is 0 Å². The third-order valence-corrected chi connectivity index (χ3v) is 4.98. The maximum absolute atomic E-state index is 11.9. The molecule has 0 atom stereocenters. The second kappa shape index (κ2) is 5.06. The molecule has 4 nitrogen and oxygen atoms in total. The van der Waals surface area contributed by atoms with Crippen LogP contribution in [-0.4, -0.2) is 29.7 Å². The highest BCUT2D eigenvalue weighted by molar-refractivity contribution is 5.79. The second-order valence-electron chi connectivity index (χ2n) is 7.00. The first-order chi connectivity index (χ1) is 9.09. The van der Waals surface area contributed by atoms with E-state index >= 15 is 0 Å². The van der Waals surface area contributed by atoms with E-state index in [1.807, 2.05) is 0 Å². The predicted molar refractivity (Wildman–Crippen MR) is 73.7 cm³/mol. The topological polar surface area (TPSA) is 64.3 Å². The number of carbonyl (C=O) groups excluding carboxylic acids is 1. The predicted octanol–water partition coefficient (Wildman–Crippen LogP) is 1.87. The highest BCUT2D eigenvalue weighted by Crippen LogP contribution is 2.58. The summed E-state index contributed by atoms with van der Waals surface area (Å²) in [6.45, 7) is 0.226. The fourth-order valence-electron chi connectivity index (χ4n) is 4.11. The lowest BCUT2D eigenvalue weighted by atomic mass is 9.44. The third kappa shape index (κ3) is 2.95. The minimum Gasteiger partial charge on any atom is -0.368 e. The Labute approximate surface area is 115 Å². The minimum atomic E-state index is 0.0378. The van der Waals surface area contributed by atoms with Crippen LogP contribution in [0.3, 0.4) is 0 Å². The van der Waals surface area contributed by atoms with Gasteiger partial charge >= 0.3 is 0 Å². The summed E-state index contributed by atoms with van der Waals surface area (Å²) in [7, 11) is 0. The summed E-state index contributed by atoms with van der Waals surface area (Å²) in [5, 5.41) is 3.11. The molecule has 2 bridgehead atoms. The zero-order valence-electron chi connectivity index (χ0n) is 11.7. The summed E-state index contributed by atoms with van der Waals surface area (Å²) in [5.41, 5.74) is 6.08. The highest BCUT2D eigenvalue weighted by Gasteiger charge is 2.66. The molecular formula is C15H26N2O2. The van der Waals surface area contributed by atoms with E-state index < -0.39 is 0 Å². The van der Waals surface area contributed by atoms with Gasteiger partial charge in [-0.2, -0.15) is 0 Å². The molecule has 1 amide bonds. The molecule has 3 N–H and O–H groups in total. The van der Waals surface area contributed by atoms with E-state index in [2.05, 4.69) is 5.32 Å². The Hall–Kier alpha value is -0.610. The first-order valence-corrected chi connectivity index (χ1v) is 7.81. The van der Waals surface area contributed by atoms with Crippen LogP contribution in [0.25, 0.3) is 0 Å². The largest absolute Gasteiger partial charge is 0.368 e. The van der Waals surface area contributed by atoms with Crippen LogP contribution < -0.4 is 11.1 Å². The van der Waals surface area contributed by atoms with Crippen molar-refractivity contribution in [3.05, 3.63) is 0 Å². The van der Waals surface area contributed by atoms with Gasteiger partial charge in [-0.05, 0) is 32.1 Å². The van der Waals surface area contributed by atoms with Crippen molar-refractivity contribution in [2.45, 2.75) is 81.4 Å². The van der Waals surface area contributed by atoms with Gasteiger partial charge in [-0.25, -0.2) is 0 Å². The summed E-state index contributed by atoms with van der Waals surface area (Å²) >= 11 is 0. The summed E-state index contributed by atoms with van der Waals surface area (Å²) in [6, 6.07) is 0. The molecule has 4 aliphatic rings. The molecule has 108 valence electrons. The van der Waals surface area contributed by atoms with E-state index in [-0.39, 0.29) is 23.6 Å². The molecular weight excluding hydrogens is 240 g/mol. The summed E-state index contributed by atoms with van der Waals surface area (Å²) in [6.07, 6.45) is 11.9. The number of hydrogen-bond acceptors (Lipinski definition) is 3. The molecule has 0 spiro atoms. The SMILES string of the molecule is NC12CC(NC(=O)COC3CCCCCCC3)(C1)C2. The fourth-order valence-corrected chi connectivity index (χ4v) is 4.11. The quantitative estimate of drug-likeness (QED) is 0.816. The number of amides is 1. The molecule has 0 saturated heterocycles. The van der Waals surface area contributed by atoms with Crippen LogP contribution in [0, 0.1) is 0 Å². The Balaban J connectivity index is 1.35. The van der Waals surface area contributed by atoms with Gasteiger partial charge < -0.3 is 15.8 Å². The number of hydrogen-bond donors (Lipinski definition) is 2. The zero-order valence-corrected chi connectivity index (χ0v) is 11.7. The van der Waals surface area contributed by atoms with E-state index in [4.69, 9.17) is 10.5 Å². The lowest BCUT2D eigenvalue weighted by Crippen LogP contribution is -2.82. The fraction of sp³-hybridized carbons (Fsp3) is 0.933. The Bertz CT molecular complexity index is 328. The molecule has 0 aliphatic heterocycles. The van der Waals surface area contributed by atoms with Crippen molar-refractivity contribution >= 4 is 5.91 Å². The van der Waals surface area contributed by atoms with Gasteiger partial charge in [0, 0.05) is 11.1 Å². The van der Waals surface area contributed by atoms with Gasteiger partial charge in [0.1, 0.15) is 6.61 Å². The number of nitrogens with two attached hydrogens (primary N) is 1. The van der Waals surface area contributed by atoms with E-state index in [9.17, 15) is 4.79 Å². The molecule has 4 saturated carbocycles. The van der Waals surface area contributed by atoms with Crippen LogP contribution in [0.1, 0.15) is 64.2 Å². The Morgan fingerprint density at radius 1 is 1.11 bits per heavy atom. The molecule has 4 aliphatic carbocycles. The average molecular weight is 266 g/mol. The smallest absolute Gasteiger partial charge is 0.246 e. The van der Waals surface area contributed by atoms with Crippen molar-refractivity contribution in [1.29, 1.82) is 0 Å². The minimum absolute atomic E-state index is 0.0378. The first-order valence-electron chi connectivity index (χ1n) is 7.81. The van der Waals surface area contributed by atoms with Gasteiger partial charge in [-0.3, -0.25) is 4.79 Å². The number of rotatable bonds is 4. The van der Waals surface area contributed by atoms with Gasteiger partial charge in [0.25, 0.3) is 0 Å². The third-order valence-electron chi connectivity index (χ3n) is 4.98. The first kappa shape index (κ1) is 13.4. The molecule has 19 heavy (non-hydrogen) atoms. The van der Waals surface area contributed by atoms with E-state index in [1.54, 1.807) is 0 Å². The second-order valence-corrected chi connectivity index (χ2v) is 7.00. The molecule has 4 fully saturated rings. The van der Waals surface area contributed by atoms with Crippen LogP contribution in [0.15, 0.2) is 0 Å². The van der Waals surface area contributed by atoms with Crippen LogP contribution in [0.2, 0.25) is 0 Å². The van der Waals surface area contributed by atoms with E-state index in [0.717, 1.165) is 32.1 Å². The zero-order chi connectivity index (χ0) is 13.3. The van der Waals surface area contributed by atoms with Gasteiger partial charge in [0.05, 0.1) is 6.10 Å². The molecule has 0 aromatic rings. The average Bonchev–Trinajstić information content (AvgIpc) is 2.24. The maximum Gasteiger partial charge on any atom is 0.246 e. The molecule has 0 heterocycles. The summed E-state index contributed by atoms with van der Waals surface area (Å²) in [5.74, 6) is 0.0452. The lowest BCUT2D eigenvalue weighted by Gasteiger charge is -2.68. The van der Waals surface area contributed by atoms with Crippen molar-refractivity contribution in [2.24, 2.45) is 5.73 Å². The van der Waals surface area contributed by atoms with Crippen LogP contribution in [0.5, 0.6) is 0 Å². The molecule has 0 aromatic heterocycles. The van der Waals surface area contributed by atoms with Gasteiger partial charge in [-0.1, -0.05) is 32.1 Å². The number of nitrogens with one attached hydrogen (secondary N) is 1. The van der Waals surface area contributed by atoms with Crippen LogP contribution in [-0.2, 0) is 9.53 Å². The van der Waals surface area contributed by atoms with Crippen LogP contribution >= 0.6 is 0 Å². The maximum atomic E-state index is 11.9. The highest BCUT2D eigenvalue weighted by atomic mass is 16.5. The van der Waals surface area contributed by atoms with Gasteiger partial charge in [0.2, 0.25) is 5.91 Å². The van der Waals surface area contributed by atoms with Crippen molar-refractivity contribution in [3.8, 4) is 0 Å². The summed E-state index contributed by atoms with van der Waals surface area (Å²) < 4.78 is 5.79. The molecule has 0 aromatic carbocycles. The Kier molecular flexibility index (Phi) is 3.56. The summed E-state index contributed by atoms with van der Waals surface area (Å²) in [4.78, 5) is 11.9. The van der Waals surface area contributed by atoms with Crippen molar-refractivity contribution in [3.63, 3.8) is 0 Å². The van der Waals surface area contributed by atoms with Crippen molar-refractivity contribution in [1.82, 2.24) is 5.32 Å². The molecule has 4 rings (SSSR count). The van der Waals surface area contributed by atoms with Crippen LogP contribution in [0.4, 0.5) is 0 Å².